The molecule has 2 fully saturated rings. The minimum absolute atomic E-state index is 0. The molecule has 0 aromatic rings. The SMILES string of the molecule is CCNC(=NCCO)N1CCS(=O)(=O)C2(CCCCC2)C1.I. The Morgan fingerprint density at radius 3 is 2.59 bits per heavy atom. The van der Waals surface area contributed by atoms with E-state index in [1.807, 2.05) is 6.92 Å². The third-order valence-corrected chi connectivity index (χ3v) is 7.11. The molecule has 2 aliphatic rings. The number of halogens is 1. The Morgan fingerprint density at radius 1 is 1.32 bits per heavy atom. The summed E-state index contributed by atoms with van der Waals surface area (Å²) in [5, 5.41) is 12.2. The number of hydrogen-bond donors (Lipinski definition) is 2. The third kappa shape index (κ3) is 4.25. The van der Waals surface area contributed by atoms with E-state index in [1.54, 1.807) is 0 Å². The number of nitrogens with zero attached hydrogens (tertiary/aromatic N) is 2. The molecular weight excluding hydrogens is 417 g/mol. The smallest absolute Gasteiger partial charge is 0.194 e. The van der Waals surface area contributed by atoms with Crippen LogP contribution in [0.15, 0.2) is 4.99 Å². The fourth-order valence-corrected chi connectivity index (χ4v) is 5.56. The molecule has 0 aromatic heterocycles. The van der Waals surface area contributed by atoms with Gasteiger partial charge >= 0.3 is 0 Å². The zero-order valence-corrected chi connectivity index (χ0v) is 16.4. The molecule has 0 aromatic carbocycles. The molecule has 0 amide bonds. The maximum atomic E-state index is 12.6. The second-order valence-electron chi connectivity index (χ2n) is 5.94. The molecule has 1 saturated heterocycles. The highest BCUT2D eigenvalue weighted by Crippen LogP contribution is 2.38. The minimum atomic E-state index is -3.02. The van der Waals surface area contributed by atoms with Crippen LogP contribution in [0, 0.1) is 0 Å². The Balaban J connectivity index is 0.00000242. The van der Waals surface area contributed by atoms with Crippen molar-refractivity contribution >= 4 is 39.8 Å². The van der Waals surface area contributed by atoms with Crippen molar-refractivity contribution in [1.82, 2.24) is 10.2 Å². The van der Waals surface area contributed by atoms with Crippen LogP contribution >= 0.6 is 24.0 Å². The number of guanidine groups is 1. The molecule has 130 valence electrons. The van der Waals surface area contributed by atoms with Gasteiger partial charge in [0.05, 0.1) is 23.7 Å². The lowest BCUT2D eigenvalue weighted by molar-refractivity contribution is 0.272. The summed E-state index contributed by atoms with van der Waals surface area (Å²) in [7, 11) is -3.02. The van der Waals surface area contributed by atoms with Crippen LogP contribution in [0.25, 0.3) is 0 Å². The average Bonchev–Trinajstić information content (AvgIpc) is 2.48. The van der Waals surface area contributed by atoms with Crippen LogP contribution in [-0.2, 0) is 9.84 Å². The van der Waals surface area contributed by atoms with Gasteiger partial charge in [-0.2, -0.15) is 0 Å². The van der Waals surface area contributed by atoms with Crippen molar-refractivity contribution in [3.05, 3.63) is 0 Å². The third-order valence-electron chi connectivity index (χ3n) is 4.53. The second-order valence-corrected chi connectivity index (χ2v) is 8.45. The summed E-state index contributed by atoms with van der Waals surface area (Å²) in [6.07, 6.45) is 4.67. The highest BCUT2D eigenvalue weighted by Gasteiger charge is 2.48. The van der Waals surface area contributed by atoms with E-state index in [-0.39, 0.29) is 36.3 Å². The van der Waals surface area contributed by atoms with Crippen LogP contribution in [0.5, 0.6) is 0 Å². The molecule has 6 nitrogen and oxygen atoms in total. The summed E-state index contributed by atoms with van der Waals surface area (Å²) in [5.41, 5.74) is 0. The Bertz CT molecular complexity index is 476. The van der Waals surface area contributed by atoms with Crippen molar-refractivity contribution in [2.45, 2.75) is 43.8 Å². The van der Waals surface area contributed by atoms with Gasteiger partial charge in [-0.3, -0.25) is 4.99 Å². The zero-order valence-electron chi connectivity index (χ0n) is 13.3. The van der Waals surface area contributed by atoms with Gasteiger partial charge in [0, 0.05) is 19.6 Å². The van der Waals surface area contributed by atoms with Crippen LogP contribution < -0.4 is 5.32 Å². The molecule has 0 unspecified atom stereocenters. The van der Waals surface area contributed by atoms with E-state index in [4.69, 9.17) is 5.11 Å². The molecule has 1 heterocycles. The summed E-state index contributed by atoms with van der Waals surface area (Å²) < 4.78 is 24.6. The van der Waals surface area contributed by atoms with Crippen LogP contribution in [0.4, 0.5) is 0 Å². The van der Waals surface area contributed by atoms with Gasteiger partial charge in [0.25, 0.3) is 0 Å². The van der Waals surface area contributed by atoms with E-state index < -0.39 is 14.6 Å². The molecule has 0 atom stereocenters. The van der Waals surface area contributed by atoms with Crippen LogP contribution in [0.3, 0.4) is 0 Å². The first kappa shape index (κ1) is 20.0. The number of aliphatic hydroxyl groups is 1. The molecule has 1 aliphatic heterocycles. The van der Waals surface area contributed by atoms with E-state index >= 15 is 0 Å². The minimum Gasteiger partial charge on any atom is -0.394 e. The molecule has 1 aliphatic carbocycles. The Hall–Kier alpha value is -0.0900. The summed E-state index contributed by atoms with van der Waals surface area (Å²) >= 11 is 0. The fourth-order valence-electron chi connectivity index (χ4n) is 3.40. The standard InChI is InChI=1S/C14H27N3O3S.HI/c1-2-15-13(16-8-10-18)17-9-11-21(19,20)14(12-17)6-4-3-5-7-14;/h18H,2-12H2,1H3,(H,15,16);1H. The normalized spacial score (nSPS) is 23.9. The number of rotatable bonds is 3. The van der Waals surface area contributed by atoms with Gasteiger partial charge in [-0.25, -0.2) is 8.42 Å². The predicted octanol–water partition coefficient (Wildman–Crippen LogP) is 0.995. The summed E-state index contributed by atoms with van der Waals surface area (Å²) in [5.74, 6) is 0.933. The van der Waals surface area contributed by atoms with Gasteiger partial charge in [-0.15, -0.1) is 24.0 Å². The first-order valence-electron chi connectivity index (χ1n) is 7.91. The van der Waals surface area contributed by atoms with Crippen molar-refractivity contribution < 1.29 is 13.5 Å². The number of sulfone groups is 1. The van der Waals surface area contributed by atoms with Gasteiger partial charge in [-0.1, -0.05) is 19.3 Å². The van der Waals surface area contributed by atoms with Crippen LogP contribution in [0.1, 0.15) is 39.0 Å². The molecule has 22 heavy (non-hydrogen) atoms. The van der Waals surface area contributed by atoms with Crippen LogP contribution in [0.2, 0.25) is 0 Å². The number of hydrogen-bond acceptors (Lipinski definition) is 4. The Kier molecular flexibility index (Phi) is 7.87. The van der Waals surface area contributed by atoms with E-state index in [9.17, 15) is 8.42 Å². The molecule has 8 heteroatoms. The summed E-state index contributed by atoms with van der Waals surface area (Å²) in [6.45, 7) is 4.10. The van der Waals surface area contributed by atoms with Gasteiger partial charge in [0.1, 0.15) is 0 Å². The van der Waals surface area contributed by atoms with Crippen molar-refractivity contribution in [3.8, 4) is 0 Å². The topological polar surface area (TPSA) is 82.0 Å². The number of nitrogens with one attached hydrogen (secondary N) is 1. The first-order chi connectivity index (χ1) is 10.0. The largest absolute Gasteiger partial charge is 0.394 e. The van der Waals surface area contributed by atoms with E-state index in [2.05, 4.69) is 15.2 Å². The number of aliphatic hydroxyl groups excluding tert-OH is 1. The maximum Gasteiger partial charge on any atom is 0.194 e. The Morgan fingerprint density at radius 2 is 2.00 bits per heavy atom. The van der Waals surface area contributed by atoms with Crippen molar-refractivity contribution in [3.63, 3.8) is 0 Å². The van der Waals surface area contributed by atoms with Gasteiger partial charge in [0.15, 0.2) is 15.8 Å². The molecule has 0 bridgehead atoms. The molecule has 1 spiro atoms. The first-order valence-corrected chi connectivity index (χ1v) is 9.56. The molecule has 2 N–H and O–H groups in total. The summed E-state index contributed by atoms with van der Waals surface area (Å²) in [6, 6.07) is 0. The monoisotopic (exact) mass is 445 g/mol. The van der Waals surface area contributed by atoms with E-state index in [0.29, 0.717) is 19.6 Å². The quantitative estimate of drug-likeness (QED) is 0.385. The predicted molar refractivity (Wildman–Crippen MR) is 99.7 cm³/mol. The zero-order chi connectivity index (χ0) is 15.3. The van der Waals surface area contributed by atoms with Gasteiger partial charge in [-0.05, 0) is 19.8 Å². The van der Waals surface area contributed by atoms with Crippen molar-refractivity contribution in [1.29, 1.82) is 0 Å². The lowest BCUT2D eigenvalue weighted by Crippen LogP contribution is -2.60. The maximum absolute atomic E-state index is 12.6. The van der Waals surface area contributed by atoms with Crippen molar-refractivity contribution in [2.24, 2.45) is 4.99 Å². The highest BCUT2D eigenvalue weighted by atomic mass is 127. The van der Waals surface area contributed by atoms with E-state index in [1.165, 1.54) is 0 Å². The molecular formula is C14H28IN3O3S. The van der Waals surface area contributed by atoms with E-state index in [0.717, 1.165) is 44.6 Å². The molecule has 1 saturated carbocycles. The van der Waals surface area contributed by atoms with Gasteiger partial charge in [0.2, 0.25) is 0 Å². The lowest BCUT2D eigenvalue weighted by Gasteiger charge is -2.45. The average molecular weight is 445 g/mol. The van der Waals surface area contributed by atoms with Gasteiger partial charge < -0.3 is 15.3 Å². The van der Waals surface area contributed by atoms with Crippen LogP contribution in [-0.4, -0.2) is 67.7 Å². The molecule has 2 rings (SSSR count). The van der Waals surface area contributed by atoms with Crippen molar-refractivity contribution in [2.75, 3.05) is 38.5 Å². The fraction of sp³-hybridized carbons (Fsp3) is 0.929. The second kappa shape index (κ2) is 8.68. The summed E-state index contributed by atoms with van der Waals surface area (Å²) in [4.78, 5) is 6.43. The number of aliphatic imine (C=N–C) groups is 1. The molecule has 0 radical (unpaired) electrons. The Labute approximate surface area is 150 Å². The highest BCUT2D eigenvalue weighted by molar-refractivity contribution is 14.0. The lowest BCUT2D eigenvalue weighted by atomic mass is 9.87.